The van der Waals surface area contributed by atoms with Crippen molar-refractivity contribution in [3.8, 4) is 0 Å². The Kier molecular flexibility index (Phi) is 10.4. The highest BCUT2D eigenvalue weighted by Crippen LogP contribution is 2.21. The lowest BCUT2D eigenvalue weighted by Gasteiger charge is -2.18. The van der Waals surface area contributed by atoms with E-state index in [0.29, 0.717) is 6.04 Å². The van der Waals surface area contributed by atoms with Gasteiger partial charge in [0.15, 0.2) is 0 Å². The predicted octanol–water partition coefficient (Wildman–Crippen LogP) is 6.08. The molecule has 2 heteroatoms. The average molecular weight is 387 g/mol. The number of rotatable bonds is 11. The summed E-state index contributed by atoms with van der Waals surface area (Å²) in [7, 11) is 0. The van der Waals surface area contributed by atoms with Gasteiger partial charge in [-0.2, -0.15) is 0 Å². The Morgan fingerprint density at radius 2 is 1.50 bits per heavy atom. The minimum Gasteiger partial charge on any atom is -0.310 e. The van der Waals surface area contributed by atoms with E-state index in [1.54, 1.807) is 0 Å². The average Bonchev–Trinajstić information content (AvgIpc) is 2.46. The summed E-state index contributed by atoms with van der Waals surface area (Å²) in [5.41, 5.74) is 1.44. The van der Waals surface area contributed by atoms with Gasteiger partial charge in [0.25, 0.3) is 0 Å². The molecule has 1 aromatic carbocycles. The molecule has 1 N–H and O–H groups in total. The minimum atomic E-state index is 0.535. The molecule has 0 saturated carbocycles. The van der Waals surface area contributed by atoms with Crippen LogP contribution in [-0.2, 0) is 0 Å². The minimum absolute atomic E-state index is 0.535. The molecule has 1 atom stereocenters. The lowest BCUT2D eigenvalue weighted by Crippen LogP contribution is -2.20. The van der Waals surface area contributed by atoms with Gasteiger partial charge in [-0.1, -0.05) is 70.9 Å². The Morgan fingerprint density at radius 1 is 0.900 bits per heavy atom. The number of benzene rings is 1. The third-order valence-electron chi connectivity index (χ3n) is 3.82. The first-order chi connectivity index (χ1) is 9.77. The topological polar surface area (TPSA) is 12.0 Å². The van der Waals surface area contributed by atoms with Gasteiger partial charge in [0, 0.05) is 9.61 Å². The molecule has 1 rings (SSSR count). The van der Waals surface area contributed by atoms with Crippen molar-refractivity contribution in [3.05, 3.63) is 33.4 Å². The summed E-state index contributed by atoms with van der Waals surface area (Å²) in [6, 6.07) is 9.51. The maximum absolute atomic E-state index is 3.63. The van der Waals surface area contributed by atoms with E-state index < -0.39 is 0 Å². The standard InChI is InChI=1S/C18H30IN/c1-3-5-6-7-8-9-10-11-18(20-4-2)16-12-14-17(19)15-13-16/h12-15,18,20H,3-11H2,1-2H3. The van der Waals surface area contributed by atoms with Gasteiger partial charge in [0.2, 0.25) is 0 Å². The molecule has 0 amide bonds. The van der Waals surface area contributed by atoms with Crippen molar-refractivity contribution >= 4 is 22.6 Å². The fraction of sp³-hybridized carbons (Fsp3) is 0.667. The van der Waals surface area contributed by atoms with Crippen LogP contribution >= 0.6 is 22.6 Å². The van der Waals surface area contributed by atoms with E-state index in [9.17, 15) is 0 Å². The summed E-state index contributed by atoms with van der Waals surface area (Å²) in [6.45, 7) is 5.53. The first-order valence-corrected chi connectivity index (χ1v) is 9.34. The molecule has 0 aliphatic heterocycles. The molecule has 0 radical (unpaired) electrons. The van der Waals surface area contributed by atoms with Gasteiger partial charge in [-0.25, -0.2) is 0 Å². The number of hydrogen-bond acceptors (Lipinski definition) is 1. The predicted molar refractivity (Wildman–Crippen MR) is 98.2 cm³/mol. The molecule has 0 spiro atoms. The second-order valence-corrected chi connectivity index (χ2v) is 6.82. The van der Waals surface area contributed by atoms with Crippen LogP contribution in [0.1, 0.15) is 76.8 Å². The zero-order chi connectivity index (χ0) is 14.6. The van der Waals surface area contributed by atoms with Gasteiger partial charge in [0.05, 0.1) is 0 Å². The Bertz CT molecular complexity index is 334. The second-order valence-electron chi connectivity index (χ2n) is 5.57. The summed E-state index contributed by atoms with van der Waals surface area (Å²) >= 11 is 2.37. The van der Waals surface area contributed by atoms with E-state index in [1.165, 1.54) is 60.5 Å². The Labute approximate surface area is 139 Å². The SMILES string of the molecule is CCCCCCCCCC(NCC)c1ccc(I)cc1. The van der Waals surface area contributed by atoms with Crippen LogP contribution in [-0.4, -0.2) is 6.54 Å². The number of hydrogen-bond donors (Lipinski definition) is 1. The third-order valence-corrected chi connectivity index (χ3v) is 4.54. The highest BCUT2D eigenvalue weighted by Gasteiger charge is 2.09. The molecule has 0 aliphatic rings. The molecule has 114 valence electrons. The van der Waals surface area contributed by atoms with Gasteiger partial charge in [-0.05, 0) is 53.3 Å². The van der Waals surface area contributed by atoms with Crippen molar-refractivity contribution in [1.82, 2.24) is 5.32 Å². The molecule has 1 unspecified atom stereocenters. The number of nitrogens with one attached hydrogen (secondary N) is 1. The van der Waals surface area contributed by atoms with Gasteiger partial charge >= 0.3 is 0 Å². The van der Waals surface area contributed by atoms with Crippen LogP contribution in [0.25, 0.3) is 0 Å². The molecule has 0 aromatic heterocycles. The fourth-order valence-electron chi connectivity index (χ4n) is 2.63. The van der Waals surface area contributed by atoms with E-state index in [2.05, 4.69) is 66.0 Å². The molecular formula is C18H30IN. The first kappa shape index (κ1) is 18.0. The van der Waals surface area contributed by atoms with Crippen LogP contribution < -0.4 is 5.32 Å². The van der Waals surface area contributed by atoms with Gasteiger partial charge in [0.1, 0.15) is 0 Å². The lowest BCUT2D eigenvalue weighted by atomic mass is 9.99. The van der Waals surface area contributed by atoms with Crippen molar-refractivity contribution in [1.29, 1.82) is 0 Å². The molecule has 0 saturated heterocycles. The van der Waals surface area contributed by atoms with Gasteiger partial charge in [-0.15, -0.1) is 0 Å². The summed E-state index contributed by atoms with van der Waals surface area (Å²) in [6.07, 6.45) is 11.0. The van der Waals surface area contributed by atoms with Crippen molar-refractivity contribution < 1.29 is 0 Å². The molecule has 0 heterocycles. The second kappa shape index (κ2) is 11.6. The molecule has 0 aliphatic carbocycles. The molecular weight excluding hydrogens is 357 g/mol. The zero-order valence-corrected chi connectivity index (χ0v) is 15.3. The van der Waals surface area contributed by atoms with E-state index in [4.69, 9.17) is 0 Å². The summed E-state index contributed by atoms with van der Waals surface area (Å²) < 4.78 is 1.32. The van der Waals surface area contributed by atoms with Crippen molar-refractivity contribution in [2.75, 3.05) is 6.54 Å². The smallest absolute Gasteiger partial charge is 0.0320 e. The first-order valence-electron chi connectivity index (χ1n) is 8.26. The normalized spacial score (nSPS) is 12.6. The molecule has 0 fully saturated rings. The molecule has 1 aromatic rings. The van der Waals surface area contributed by atoms with Gasteiger partial charge < -0.3 is 5.32 Å². The van der Waals surface area contributed by atoms with E-state index >= 15 is 0 Å². The fourth-order valence-corrected chi connectivity index (χ4v) is 2.99. The van der Waals surface area contributed by atoms with Crippen LogP contribution in [0, 0.1) is 3.57 Å². The highest BCUT2D eigenvalue weighted by molar-refractivity contribution is 14.1. The van der Waals surface area contributed by atoms with Crippen LogP contribution in [0.4, 0.5) is 0 Å². The maximum Gasteiger partial charge on any atom is 0.0320 e. The van der Waals surface area contributed by atoms with Crippen molar-refractivity contribution in [3.63, 3.8) is 0 Å². The van der Waals surface area contributed by atoms with E-state index in [-0.39, 0.29) is 0 Å². The Hall–Kier alpha value is -0.0900. The monoisotopic (exact) mass is 387 g/mol. The Balaban J connectivity index is 2.27. The molecule has 20 heavy (non-hydrogen) atoms. The summed E-state index contributed by atoms with van der Waals surface area (Å²) in [5.74, 6) is 0. The quantitative estimate of drug-likeness (QED) is 0.358. The maximum atomic E-state index is 3.63. The summed E-state index contributed by atoms with van der Waals surface area (Å²) in [4.78, 5) is 0. The van der Waals surface area contributed by atoms with E-state index in [1.807, 2.05) is 0 Å². The highest BCUT2D eigenvalue weighted by atomic mass is 127. The molecule has 1 nitrogen and oxygen atoms in total. The number of unbranched alkanes of at least 4 members (excludes halogenated alkanes) is 6. The lowest BCUT2D eigenvalue weighted by molar-refractivity contribution is 0.475. The van der Waals surface area contributed by atoms with E-state index in [0.717, 1.165) is 6.54 Å². The van der Waals surface area contributed by atoms with Crippen LogP contribution in [0.5, 0.6) is 0 Å². The molecule has 0 bridgehead atoms. The largest absolute Gasteiger partial charge is 0.310 e. The van der Waals surface area contributed by atoms with Crippen LogP contribution in [0.2, 0.25) is 0 Å². The zero-order valence-electron chi connectivity index (χ0n) is 13.1. The van der Waals surface area contributed by atoms with Crippen molar-refractivity contribution in [2.24, 2.45) is 0 Å². The Morgan fingerprint density at radius 3 is 2.10 bits per heavy atom. The van der Waals surface area contributed by atoms with Crippen LogP contribution in [0.15, 0.2) is 24.3 Å². The van der Waals surface area contributed by atoms with Crippen molar-refractivity contribution in [2.45, 2.75) is 71.3 Å². The summed E-state index contributed by atoms with van der Waals surface area (Å²) in [5, 5.41) is 3.63. The third kappa shape index (κ3) is 7.63. The van der Waals surface area contributed by atoms with Crippen LogP contribution in [0.3, 0.4) is 0 Å². The van der Waals surface area contributed by atoms with Gasteiger partial charge in [-0.3, -0.25) is 0 Å². The number of halogens is 1.